The van der Waals surface area contributed by atoms with E-state index in [2.05, 4.69) is 10.1 Å². The molecule has 1 heterocycles. The number of aliphatic hydroxyl groups excluding tert-OH is 1. The molecule has 4 atom stereocenters. The topological polar surface area (TPSA) is 50.7 Å². The molecular formula is C21H23BF3NO3. The average molecular weight is 405 g/mol. The number of benzene rings is 2. The van der Waals surface area contributed by atoms with Crippen LogP contribution in [0.3, 0.4) is 0 Å². The average Bonchev–Trinajstić information content (AvgIpc) is 2.66. The summed E-state index contributed by atoms with van der Waals surface area (Å²) in [7, 11) is 5.50. The van der Waals surface area contributed by atoms with E-state index in [1.165, 1.54) is 12.1 Å². The summed E-state index contributed by atoms with van der Waals surface area (Å²) < 4.78 is 47.4. The summed E-state index contributed by atoms with van der Waals surface area (Å²) in [4.78, 5) is 0. The lowest BCUT2D eigenvalue weighted by Crippen LogP contribution is -2.51. The van der Waals surface area contributed by atoms with Crippen molar-refractivity contribution in [2.75, 3.05) is 13.1 Å². The highest BCUT2D eigenvalue weighted by molar-refractivity contribution is 6.08. The van der Waals surface area contributed by atoms with Gasteiger partial charge in [0.1, 0.15) is 5.75 Å². The third-order valence-corrected chi connectivity index (χ3v) is 5.09. The number of aryl methyl sites for hydroxylation is 1. The molecule has 0 saturated carbocycles. The first-order chi connectivity index (χ1) is 13.8. The Morgan fingerprint density at radius 3 is 2.24 bits per heavy atom. The maximum Gasteiger partial charge on any atom is 0.573 e. The van der Waals surface area contributed by atoms with Crippen molar-refractivity contribution in [1.29, 1.82) is 0 Å². The van der Waals surface area contributed by atoms with Gasteiger partial charge in [-0.2, -0.15) is 0 Å². The number of rotatable bonds is 6. The van der Waals surface area contributed by atoms with Crippen LogP contribution in [0.1, 0.15) is 29.0 Å². The highest BCUT2D eigenvalue weighted by Gasteiger charge is 2.36. The number of alkyl halides is 3. The number of nitrogens with one attached hydrogen (secondary N) is 1. The van der Waals surface area contributed by atoms with Crippen LogP contribution in [0.25, 0.3) is 0 Å². The number of ether oxygens (including phenoxy) is 2. The van der Waals surface area contributed by atoms with Gasteiger partial charge in [-0.25, -0.2) is 0 Å². The predicted octanol–water partition coefficient (Wildman–Crippen LogP) is 3.26. The van der Waals surface area contributed by atoms with E-state index >= 15 is 0 Å². The highest BCUT2D eigenvalue weighted by Crippen LogP contribution is 2.36. The second kappa shape index (κ2) is 9.20. The summed E-state index contributed by atoms with van der Waals surface area (Å²) in [6.07, 6.45) is -5.11. The van der Waals surface area contributed by atoms with Crippen LogP contribution in [-0.2, 0) is 4.74 Å². The Hall–Kier alpha value is -2.03. The summed E-state index contributed by atoms with van der Waals surface area (Å²) in [6, 6.07) is 13.4. The van der Waals surface area contributed by atoms with Crippen LogP contribution < -0.4 is 10.1 Å². The molecule has 1 aliphatic rings. The van der Waals surface area contributed by atoms with E-state index in [1.54, 1.807) is 12.1 Å². The van der Waals surface area contributed by atoms with E-state index in [1.807, 2.05) is 31.2 Å². The van der Waals surface area contributed by atoms with E-state index in [-0.39, 0.29) is 30.3 Å². The fraction of sp³-hybridized carbons (Fsp3) is 0.429. The summed E-state index contributed by atoms with van der Waals surface area (Å²) in [5.74, 6) is -0.523. The van der Waals surface area contributed by atoms with Gasteiger partial charge in [0.2, 0.25) is 0 Å². The van der Waals surface area contributed by atoms with Gasteiger partial charge in [-0.3, -0.25) is 0 Å². The highest BCUT2D eigenvalue weighted by atomic mass is 19.4. The lowest BCUT2D eigenvalue weighted by atomic mass is 9.82. The van der Waals surface area contributed by atoms with Crippen LogP contribution in [-0.4, -0.2) is 50.6 Å². The lowest BCUT2D eigenvalue weighted by Gasteiger charge is -2.38. The van der Waals surface area contributed by atoms with Crippen LogP contribution in [0, 0.1) is 6.92 Å². The van der Waals surface area contributed by atoms with Gasteiger partial charge in [0.05, 0.1) is 32.7 Å². The van der Waals surface area contributed by atoms with Crippen molar-refractivity contribution in [2.45, 2.75) is 43.9 Å². The molecule has 3 rings (SSSR count). The van der Waals surface area contributed by atoms with Crippen molar-refractivity contribution < 1.29 is 27.8 Å². The zero-order valence-electron chi connectivity index (χ0n) is 16.0. The molecule has 4 nitrogen and oxygen atoms in total. The van der Waals surface area contributed by atoms with Crippen molar-refractivity contribution in [3.05, 3.63) is 65.2 Å². The SMILES string of the molecule is [B]CN[C@@H]1CO[C@@H](C(c2ccc(C)cc2)c2ccc(OC(F)(F)F)cc2)CC1O. The van der Waals surface area contributed by atoms with Gasteiger partial charge in [-0.05, 0) is 36.6 Å². The molecule has 2 radical (unpaired) electrons. The molecule has 0 aliphatic carbocycles. The smallest absolute Gasteiger partial charge is 0.406 e. The van der Waals surface area contributed by atoms with E-state index in [0.717, 1.165) is 16.7 Å². The minimum absolute atomic E-state index is 0.234. The largest absolute Gasteiger partial charge is 0.573 e. The normalized spacial score (nSPS) is 23.6. The standard InChI is InChI=1S/C21H23BF3NO3/c1-13-2-4-14(5-3-13)20(19-10-18(27)17(11-28-19)26-12-22)15-6-8-16(9-7-15)29-21(23,24)25/h2-9,17-20,26-27H,10-12H2,1H3/t17-,18?,19-,20?/m1/s1. The minimum Gasteiger partial charge on any atom is -0.406 e. The van der Waals surface area contributed by atoms with Gasteiger partial charge in [-0.15, -0.1) is 13.2 Å². The molecule has 29 heavy (non-hydrogen) atoms. The van der Waals surface area contributed by atoms with Crippen molar-refractivity contribution in [3.63, 3.8) is 0 Å². The lowest BCUT2D eigenvalue weighted by molar-refractivity contribution is -0.274. The Bertz CT molecular complexity index is 783. The molecule has 8 heteroatoms. The van der Waals surface area contributed by atoms with E-state index in [4.69, 9.17) is 12.6 Å². The Balaban J connectivity index is 1.87. The first-order valence-electron chi connectivity index (χ1n) is 9.42. The van der Waals surface area contributed by atoms with Gasteiger partial charge in [0.15, 0.2) is 0 Å². The predicted molar refractivity (Wildman–Crippen MR) is 104 cm³/mol. The maximum atomic E-state index is 12.5. The fourth-order valence-corrected chi connectivity index (χ4v) is 3.66. The first-order valence-corrected chi connectivity index (χ1v) is 9.42. The monoisotopic (exact) mass is 405 g/mol. The quantitative estimate of drug-likeness (QED) is 0.725. The molecule has 2 aromatic carbocycles. The molecule has 0 amide bonds. The van der Waals surface area contributed by atoms with Crippen molar-refractivity contribution in [1.82, 2.24) is 5.32 Å². The molecule has 1 aliphatic heterocycles. The van der Waals surface area contributed by atoms with E-state index in [0.29, 0.717) is 13.0 Å². The Kier molecular flexibility index (Phi) is 6.87. The first kappa shape index (κ1) is 21.7. The Labute approximate surface area is 169 Å². The molecule has 154 valence electrons. The fourth-order valence-electron chi connectivity index (χ4n) is 3.66. The number of hydrogen-bond acceptors (Lipinski definition) is 4. The second-order valence-corrected chi connectivity index (χ2v) is 7.19. The van der Waals surface area contributed by atoms with Crippen molar-refractivity contribution >= 4 is 7.85 Å². The van der Waals surface area contributed by atoms with Gasteiger partial charge < -0.3 is 19.9 Å². The molecule has 0 aromatic heterocycles. The summed E-state index contributed by atoms with van der Waals surface area (Å²) in [6.45, 7) is 2.27. The van der Waals surface area contributed by atoms with Crippen molar-refractivity contribution in [2.24, 2.45) is 0 Å². The van der Waals surface area contributed by atoms with Crippen LogP contribution >= 0.6 is 0 Å². The molecule has 0 spiro atoms. The van der Waals surface area contributed by atoms with E-state index in [9.17, 15) is 18.3 Å². The second-order valence-electron chi connectivity index (χ2n) is 7.19. The number of hydrogen-bond donors (Lipinski definition) is 2. The zero-order valence-corrected chi connectivity index (χ0v) is 16.0. The number of halogens is 3. The van der Waals surface area contributed by atoms with Crippen LogP contribution in [0.5, 0.6) is 5.75 Å². The van der Waals surface area contributed by atoms with Crippen molar-refractivity contribution in [3.8, 4) is 5.75 Å². The molecular weight excluding hydrogens is 382 g/mol. The third kappa shape index (κ3) is 5.75. The van der Waals surface area contributed by atoms with Crippen LogP contribution in [0.15, 0.2) is 48.5 Å². The minimum atomic E-state index is -4.74. The third-order valence-electron chi connectivity index (χ3n) is 5.09. The summed E-state index contributed by atoms with van der Waals surface area (Å²) in [5.41, 5.74) is 2.84. The number of aliphatic hydroxyl groups is 1. The molecule has 2 aromatic rings. The summed E-state index contributed by atoms with van der Waals surface area (Å²) in [5, 5.41) is 13.5. The zero-order chi connectivity index (χ0) is 21.0. The van der Waals surface area contributed by atoms with Gasteiger partial charge in [0.25, 0.3) is 0 Å². The maximum absolute atomic E-state index is 12.5. The van der Waals surface area contributed by atoms with Crippen LogP contribution in [0.2, 0.25) is 0 Å². The molecule has 2 unspecified atom stereocenters. The van der Waals surface area contributed by atoms with Crippen LogP contribution in [0.4, 0.5) is 13.2 Å². The molecule has 1 fully saturated rings. The Morgan fingerprint density at radius 1 is 1.14 bits per heavy atom. The molecule has 1 saturated heterocycles. The Morgan fingerprint density at radius 2 is 1.72 bits per heavy atom. The van der Waals surface area contributed by atoms with Gasteiger partial charge >= 0.3 is 6.36 Å². The molecule has 0 bridgehead atoms. The van der Waals surface area contributed by atoms with Gasteiger partial charge in [-0.1, -0.05) is 42.0 Å². The van der Waals surface area contributed by atoms with E-state index < -0.39 is 12.5 Å². The molecule has 2 N–H and O–H groups in total. The summed E-state index contributed by atoms with van der Waals surface area (Å²) >= 11 is 0. The van der Waals surface area contributed by atoms with Gasteiger partial charge in [0, 0.05) is 12.3 Å².